The standard InChI is InChI=1S/C20H18FN5O3/c21-14-3-5-15(6-4-14)29-20(28)23-11-13-2-1-9-26-18(27)10-17(25-19(13)26)16-7-8-22-12-24-16/h3-8,10,12-13H,1-2,9,11H2,(H,23,28). The molecule has 1 aliphatic rings. The molecule has 1 amide bonds. The lowest BCUT2D eigenvalue weighted by Gasteiger charge is -2.26. The van der Waals surface area contributed by atoms with Crippen molar-refractivity contribution in [3.63, 3.8) is 0 Å². The molecule has 148 valence electrons. The number of nitrogens with zero attached hydrogens (tertiary/aromatic N) is 4. The molecule has 1 aliphatic heterocycles. The Hall–Kier alpha value is -3.62. The third kappa shape index (κ3) is 4.29. The number of amides is 1. The van der Waals surface area contributed by atoms with Gasteiger partial charge in [-0.25, -0.2) is 24.1 Å². The number of carbonyl (C=O) groups is 1. The summed E-state index contributed by atoms with van der Waals surface area (Å²) in [5.41, 5.74) is 0.889. The zero-order valence-corrected chi connectivity index (χ0v) is 15.4. The molecule has 2 aromatic heterocycles. The van der Waals surface area contributed by atoms with Crippen LogP contribution in [-0.4, -0.2) is 32.2 Å². The highest BCUT2D eigenvalue weighted by Gasteiger charge is 2.24. The van der Waals surface area contributed by atoms with Crippen LogP contribution >= 0.6 is 0 Å². The van der Waals surface area contributed by atoms with Crippen LogP contribution in [0.2, 0.25) is 0 Å². The molecule has 0 saturated carbocycles. The molecule has 0 fully saturated rings. The van der Waals surface area contributed by atoms with E-state index in [-0.39, 0.29) is 23.8 Å². The van der Waals surface area contributed by atoms with Crippen LogP contribution in [-0.2, 0) is 6.54 Å². The highest BCUT2D eigenvalue weighted by Crippen LogP contribution is 2.25. The molecule has 1 unspecified atom stereocenters. The van der Waals surface area contributed by atoms with Gasteiger partial charge in [0.1, 0.15) is 23.7 Å². The Bertz CT molecular complexity index is 1070. The molecule has 1 aromatic carbocycles. The first-order valence-corrected chi connectivity index (χ1v) is 9.19. The lowest BCUT2D eigenvalue weighted by molar-refractivity contribution is 0.198. The Labute approximate surface area is 165 Å². The van der Waals surface area contributed by atoms with E-state index in [9.17, 15) is 14.0 Å². The SMILES string of the molecule is O=C(NCC1CCCn2c1nc(-c1ccncn1)cc2=O)Oc1ccc(F)cc1. The second-order valence-corrected chi connectivity index (χ2v) is 6.65. The molecule has 29 heavy (non-hydrogen) atoms. The van der Waals surface area contributed by atoms with E-state index < -0.39 is 11.9 Å². The van der Waals surface area contributed by atoms with Crippen molar-refractivity contribution < 1.29 is 13.9 Å². The van der Waals surface area contributed by atoms with Crippen LogP contribution in [0, 0.1) is 5.82 Å². The van der Waals surface area contributed by atoms with E-state index in [2.05, 4.69) is 20.3 Å². The summed E-state index contributed by atoms with van der Waals surface area (Å²) in [6.07, 6.45) is 3.92. The minimum Gasteiger partial charge on any atom is -0.410 e. The fourth-order valence-corrected chi connectivity index (χ4v) is 3.30. The van der Waals surface area contributed by atoms with Gasteiger partial charge in [-0.1, -0.05) is 0 Å². The second-order valence-electron chi connectivity index (χ2n) is 6.65. The van der Waals surface area contributed by atoms with Gasteiger partial charge in [0.2, 0.25) is 0 Å². The molecule has 0 saturated heterocycles. The number of halogens is 1. The molecular weight excluding hydrogens is 377 g/mol. The smallest absolute Gasteiger partial charge is 0.410 e. The van der Waals surface area contributed by atoms with E-state index in [1.165, 1.54) is 36.7 Å². The molecule has 0 radical (unpaired) electrons. The minimum absolute atomic E-state index is 0.140. The van der Waals surface area contributed by atoms with Gasteiger partial charge in [-0.05, 0) is 43.2 Å². The van der Waals surface area contributed by atoms with Crippen LogP contribution in [0.25, 0.3) is 11.4 Å². The Morgan fingerprint density at radius 2 is 2.07 bits per heavy atom. The van der Waals surface area contributed by atoms with Crippen molar-refractivity contribution in [2.75, 3.05) is 6.54 Å². The molecule has 8 nitrogen and oxygen atoms in total. The molecule has 0 spiro atoms. The Morgan fingerprint density at radius 1 is 1.24 bits per heavy atom. The number of aromatic nitrogens is 4. The van der Waals surface area contributed by atoms with Crippen molar-refractivity contribution >= 4 is 6.09 Å². The number of benzene rings is 1. The van der Waals surface area contributed by atoms with Crippen LogP contribution in [0.3, 0.4) is 0 Å². The summed E-state index contributed by atoms with van der Waals surface area (Å²) in [7, 11) is 0. The summed E-state index contributed by atoms with van der Waals surface area (Å²) < 4.78 is 19.7. The molecule has 3 heterocycles. The van der Waals surface area contributed by atoms with Crippen molar-refractivity contribution in [2.24, 2.45) is 0 Å². The number of rotatable bonds is 4. The predicted molar refractivity (Wildman–Crippen MR) is 102 cm³/mol. The van der Waals surface area contributed by atoms with E-state index in [0.29, 0.717) is 23.8 Å². The van der Waals surface area contributed by atoms with E-state index in [0.717, 1.165) is 12.8 Å². The zero-order valence-electron chi connectivity index (χ0n) is 15.4. The van der Waals surface area contributed by atoms with Gasteiger partial charge in [-0.3, -0.25) is 9.36 Å². The number of hydrogen-bond donors (Lipinski definition) is 1. The monoisotopic (exact) mass is 395 g/mol. The Morgan fingerprint density at radius 3 is 2.83 bits per heavy atom. The van der Waals surface area contributed by atoms with Gasteiger partial charge in [0.25, 0.3) is 5.56 Å². The molecule has 0 aliphatic carbocycles. The summed E-state index contributed by atoms with van der Waals surface area (Å²) in [4.78, 5) is 37.3. The van der Waals surface area contributed by atoms with Crippen LogP contribution in [0.4, 0.5) is 9.18 Å². The van der Waals surface area contributed by atoms with E-state index in [4.69, 9.17) is 4.74 Å². The summed E-state index contributed by atoms with van der Waals surface area (Å²) in [5.74, 6) is 0.305. The molecule has 4 rings (SSSR count). The van der Waals surface area contributed by atoms with Crippen LogP contribution in [0.15, 0.2) is 53.7 Å². The van der Waals surface area contributed by atoms with Crippen LogP contribution in [0.5, 0.6) is 5.75 Å². The van der Waals surface area contributed by atoms with Gasteiger partial charge in [0.05, 0.1) is 11.4 Å². The predicted octanol–water partition coefficient (Wildman–Crippen LogP) is 2.51. The molecule has 3 aromatic rings. The van der Waals surface area contributed by atoms with Crippen molar-refractivity contribution in [1.29, 1.82) is 0 Å². The molecule has 1 atom stereocenters. The Balaban J connectivity index is 1.50. The fourth-order valence-electron chi connectivity index (χ4n) is 3.30. The average Bonchev–Trinajstić information content (AvgIpc) is 2.74. The first-order valence-electron chi connectivity index (χ1n) is 9.19. The quantitative estimate of drug-likeness (QED) is 0.729. The summed E-state index contributed by atoms with van der Waals surface area (Å²) in [6, 6.07) is 8.33. The van der Waals surface area contributed by atoms with Gasteiger partial charge >= 0.3 is 6.09 Å². The normalized spacial score (nSPS) is 15.4. The van der Waals surface area contributed by atoms with Gasteiger partial charge < -0.3 is 10.1 Å². The summed E-state index contributed by atoms with van der Waals surface area (Å²) in [5, 5.41) is 2.70. The van der Waals surface area contributed by atoms with Crippen LogP contribution < -0.4 is 15.6 Å². The minimum atomic E-state index is -0.650. The van der Waals surface area contributed by atoms with Crippen molar-refractivity contribution in [1.82, 2.24) is 24.8 Å². The maximum Gasteiger partial charge on any atom is 0.412 e. The van der Waals surface area contributed by atoms with E-state index >= 15 is 0 Å². The first kappa shape index (κ1) is 18.7. The maximum atomic E-state index is 12.9. The lowest BCUT2D eigenvalue weighted by atomic mass is 9.98. The average molecular weight is 395 g/mol. The molecule has 0 bridgehead atoms. The third-order valence-electron chi connectivity index (χ3n) is 4.70. The summed E-state index contributed by atoms with van der Waals surface area (Å²) >= 11 is 0. The Kier molecular flexibility index (Phi) is 5.28. The molecule has 9 heteroatoms. The van der Waals surface area contributed by atoms with Gasteiger partial charge in [0.15, 0.2) is 0 Å². The first-order chi connectivity index (χ1) is 14.1. The largest absolute Gasteiger partial charge is 0.412 e. The molecule has 1 N–H and O–H groups in total. The second kappa shape index (κ2) is 8.17. The summed E-state index contributed by atoms with van der Waals surface area (Å²) in [6.45, 7) is 0.849. The van der Waals surface area contributed by atoms with E-state index in [1.54, 1.807) is 16.8 Å². The number of carbonyl (C=O) groups excluding carboxylic acids is 1. The number of hydrogen-bond acceptors (Lipinski definition) is 6. The third-order valence-corrected chi connectivity index (χ3v) is 4.70. The molecular formula is C20H18FN5O3. The lowest BCUT2D eigenvalue weighted by Crippen LogP contribution is -2.37. The number of nitrogens with one attached hydrogen (secondary N) is 1. The number of fused-ring (bicyclic) bond motifs is 1. The fraction of sp³-hybridized carbons (Fsp3) is 0.250. The van der Waals surface area contributed by atoms with Gasteiger partial charge in [-0.15, -0.1) is 0 Å². The van der Waals surface area contributed by atoms with Crippen molar-refractivity contribution in [3.8, 4) is 17.1 Å². The maximum absolute atomic E-state index is 12.9. The highest BCUT2D eigenvalue weighted by molar-refractivity contribution is 5.70. The van der Waals surface area contributed by atoms with Gasteiger partial charge in [-0.2, -0.15) is 0 Å². The van der Waals surface area contributed by atoms with Crippen molar-refractivity contribution in [2.45, 2.75) is 25.3 Å². The van der Waals surface area contributed by atoms with Crippen molar-refractivity contribution in [3.05, 3.63) is 70.9 Å². The van der Waals surface area contributed by atoms with Crippen LogP contribution in [0.1, 0.15) is 24.6 Å². The zero-order chi connectivity index (χ0) is 20.2. The van der Waals surface area contributed by atoms with Gasteiger partial charge in [0, 0.05) is 31.3 Å². The van der Waals surface area contributed by atoms with E-state index in [1.807, 2.05) is 0 Å². The highest BCUT2D eigenvalue weighted by atomic mass is 19.1. The number of ether oxygens (including phenoxy) is 1. The topological polar surface area (TPSA) is 99.0 Å².